The maximum atomic E-state index is 6.76. The molecule has 1 heterocycles. The molecule has 1 aliphatic rings. The van der Waals surface area contributed by atoms with Crippen LogP contribution < -0.4 is 8.85 Å². The van der Waals surface area contributed by atoms with Gasteiger partial charge in [0.1, 0.15) is 11.5 Å². The van der Waals surface area contributed by atoms with Gasteiger partial charge in [0.25, 0.3) is 0 Å². The largest absolute Gasteiger partial charge is 0.512 e. The van der Waals surface area contributed by atoms with Crippen molar-refractivity contribution in [1.82, 2.24) is 0 Å². The first-order valence-corrected chi connectivity index (χ1v) is 12.7. The molecule has 3 rings (SSSR count). The highest BCUT2D eigenvalue weighted by molar-refractivity contribution is 6.68. The molecule has 1 saturated heterocycles. The van der Waals surface area contributed by atoms with Gasteiger partial charge < -0.3 is 18.3 Å². The van der Waals surface area contributed by atoms with Gasteiger partial charge in [-0.25, -0.2) is 0 Å². The van der Waals surface area contributed by atoms with Crippen LogP contribution in [-0.2, 0) is 15.3 Å². The van der Waals surface area contributed by atoms with Gasteiger partial charge in [0.05, 0.1) is 18.8 Å². The Morgan fingerprint density at radius 3 is 2.21 bits per heavy atom. The molecule has 5 heteroatoms. The minimum absolute atomic E-state index is 0.702. The van der Waals surface area contributed by atoms with Gasteiger partial charge in [-0.1, -0.05) is 57.5 Å². The van der Waals surface area contributed by atoms with Crippen molar-refractivity contribution in [2.24, 2.45) is 0 Å². The smallest absolute Gasteiger partial charge is 0.460 e. The molecule has 0 radical (unpaired) electrons. The van der Waals surface area contributed by atoms with Crippen molar-refractivity contribution >= 4 is 8.56 Å². The molecule has 0 aliphatic carbocycles. The second-order valence-corrected chi connectivity index (χ2v) is 10.6. The molecule has 152 valence electrons. The lowest BCUT2D eigenvalue weighted by atomic mass is 10.0. The zero-order chi connectivity index (χ0) is 19.9. The van der Waals surface area contributed by atoms with E-state index < -0.39 is 14.3 Å². The van der Waals surface area contributed by atoms with Crippen LogP contribution in [0.3, 0.4) is 0 Å². The molecular weight excluding hydrogens is 368 g/mol. The summed E-state index contributed by atoms with van der Waals surface area (Å²) < 4.78 is 25.6. The highest BCUT2D eigenvalue weighted by atomic mass is 28.4. The van der Waals surface area contributed by atoms with Crippen LogP contribution >= 0.6 is 0 Å². The summed E-state index contributed by atoms with van der Waals surface area (Å²) in [6, 6.07) is 19.9. The van der Waals surface area contributed by atoms with Gasteiger partial charge in [-0.2, -0.15) is 0 Å². The van der Waals surface area contributed by atoms with E-state index in [0.29, 0.717) is 13.2 Å². The molecule has 0 aromatic heterocycles. The van der Waals surface area contributed by atoms with Crippen molar-refractivity contribution in [3.05, 3.63) is 60.2 Å². The summed E-state index contributed by atoms with van der Waals surface area (Å²) in [5.74, 6) is 0.961. The Balaban J connectivity index is 1.95. The average Bonchev–Trinajstić information content (AvgIpc) is 2.75. The van der Waals surface area contributed by atoms with E-state index in [-0.39, 0.29) is 0 Å². The summed E-state index contributed by atoms with van der Waals surface area (Å²) in [6.45, 7) is 7.85. The van der Waals surface area contributed by atoms with Crippen LogP contribution in [0.15, 0.2) is 54.6 Å². The maximum Gasteiger partial charge on any atom is 0.460 e. The Hall–Kier alpha value is -1.82. The van der Waals surface area contributed by atoms with Gasteiger partial charge in [-0.3, -0.25) is 0 Å². The van der Waals surface area contributed by atoms with E-state index in [9.17, 15) is 0 Å². The van der Waals surface area contributed by atoms with Crippen molar-refractivity contribution in [2.45, 2.75) is 57.9 Å². The van der Waals surface area contributed by atoms with Crippen LogP contribution in [0.1, 0.15) is 45.6 Å². The molecule has 0 amide bonds. The summed E-state index contributed by atoms with van der Waals surface area (Å²) in [5.41, 5.74) is 0.968. The molecular formula is C23H32O4Si. The van der Waals surface area contributed by atoms with E-state index in [0.717, 1.165) is 48.4 Å². The van der Waals surface area contributed by atoms with Gasteiger partial charge in [-0.15, -0.1) is 0 Å². The predicted octanol–water partition coefficient (Wildman–Crippen LogP) is 6.02. The van der Waals surface area contributed by atoms with E-state index in [1.54, 1.807) is 0 Å². The van der Waals surface area contributed by atoms with Gasteiger partial charge in [0.15, 0.2) is 5.79 Å². The van der Waals surface area contributed by atoms with Gasteiger partial charge >= 0.3 is 8.56 Å². The Labute approximate surface area is 170 Å². The second kappa shape index (κ2) is 9.59. The number of ether oxygens (including phenoxy) is 2. The van der Waals surface area contributed by atoms with E-state index in [4.69, 9.17) is 18.3 Å². The molecule has 2 aromatic carbocycles. The summed E-state index contributed by atoms with van der Waals surface area (Å²) in [7, 11) is -2.50. The molecule has 1 atom stereocenters. The van der Waals surface area contributed by atoms with Crippen molar-refractivity contribution in [2.75, 3.05) is 13.2 Å². The number of rotatable bonds is 9. The summed E-state index contributed by atoms with van der Waals surface area (Å²) in [5, 5.41) is 0. The van der Waals surface area contributed by atoms with Crippen LogP contribution in [0.4, 0.5) is 0 Å². The first-order valence-electron chi connectivity index (χ1n) is 10.5. The third-order valence-electron chi connectivity index (χ3n) is 5.23. The lowest BCUT2D eigenvalue weighted by Crippen LogP contribution is -2.48. The quantitative estimate of drug-likeness (QED) is 0.483. The van der Waals surface area contributed by atoms with E-state index in [1.807, 2.05) is 48.5 Å². The topological polar surface area (TPSA) is 36.9 Å². The molecule has 4 nitrogen and oxygen atoms in total. The van der Waals surface area contributed by atoms with Gasteiger partial charge in [-0.05, 0) is 30.7 Å². The number of para-hydroxylation sites is 2. The molecule has 2 aromatic rings. The maximum absolute atomic E-state index is 6.76. The van der Waals surface area contributed by atoms with Gasteiger partial charge in [0.2, 0.25) is 0 Å². The standard InChI is InChI=1S/C23H32O4Si/c1-4-19-28(6-3,26-20-13-8-7-9-14-20)27-22-16-11-10-15-21(22)23(5-2)24-17-12-18-25-23/h7-11,13-16H,4-6,12,17-19H2,1-3H3. The highest BCUT2D eigenvalue weighted by Gasteiger charge is 2.43. The van der Waals surface area contributed by atoms with Crippen LogP contribution in [-0.4, -0.2) is 21.8 Å². The molecule has 1 aliphatic heterocycles. The molecule has 0 bridgehead atoms. The zero-order valence-corrected chi connectivity index (χ0v) is 18.3. The fourth-order valence-electron chi connectivity index (χ4n) is 3.72. The Morgan fingerprint density at radius 1 is 0.893 bits per heavy atom. The SMILES string of the molecule is CCC[Si](CC)(Oc1ccccc1)Oc1ccccc1C1(CC)OCCCO1. The highest BCUT2D eigenvalue weighted by Crippen LogP contribution is 2.40. The Bertz CT molecular complexity index is 730. The second-order valence-electron chi connectivity index (χ2n) is 7.18. The van der Waals surface area contributed by atoms with Crippen molar-refractivity contribution in [1.29, 1.82) is 0 Å². The van der Waals surface area contributed by atoms with Crippen molar-refractivity contribution in [3.8, 4) is 11.5 Å². The molecule has 1 unspecified atom stereocenters. The lowest BCUT2D eigenvalue weighted by Gasteiger charge is -2.39. The minimum atomic E-state index is -2.50. The summed E-state index contributed by atoms with van der Waals surface area (Å²) in [6.07, 6.45) is 2.67. The molecule has 0 N–H and O–H groups in total. The fraction of sp³-hybridized carbons (Fsp3) is 0.478. The van der Waals surface area contributed by atoms with Crippen LogP contribution in [0.5, 0.6) is 11.5 Å². The summed E-state index contributed by atoms with van der Waals surface area (Å²) in [4.78, 5) is 0. The Kier molecular flexibility index (Phi) is 7.16. The van der Waals surface area contributed by atoms with Crippen LogP contribution in [0, 0.1) is 0 Å². The zero-order valence-electron chi connectivity index (χ0n) is 17.3. The molecule has 28 heavy (non-hydrogen) atoms. The van der Waals surface area contributed by atoms with Crippen molar-refractivity contribution in [3.63, 3.8) is 0 Å². The predicted molar refractivity (Wildman–Crippen MR) is 114 cm³/mol. The number of hydrogen-bond donors (Lipinski definition) is 0. The number of benzene rings is 2. The fourth-order valence-corrected chi connectivity index (χ4v) is 6.52. The third kappa shape index (κ3) is 4.59. The first kappa shape index (κ1) is 20.9. The molecule has 0 spiro atoms. The van der Waals surface area contributed by atoms with E-state index in [2.05, 4.69) is 26.8 Å². The van der Waals surface area contributed by atoms with E-state index >= 15 is 0 Å². The minimum Gasteiger partial charge on any atom is -0.512 e. The number of hydrogen-bond acceptors (Lipinski definition) is 4. The first-order chi connectivity index (χ1) is 13.7. The van der Waals surface area contributed by atoms with Crippen molar-refractivity contribution < 1.29 is 18.3 Å². The third-order valence-corrected chi connectivity index (χ3v) is 8.77. The lowest BCUT2D eigenvalue weighted by molar-refractivity contribution is -0.278. The van der Waals surface area contributed by atoms with Crippen LogP contribution in [0.2, 0.25) is 12.1 Å². The van der Waals surface area contributed by atoms with E-state index in [1.165, 1.54) is 0 Å². The molecule has 0 saturated carbocycles. The average molecular weight is 401 g/mol. The summed E-state index contributed by atoms with van der Waals surface area (Å²) >= 11 is 0. The van der Waals surface area contributed by atoms with Gasteiger partial charge in [0, 0.05) is 18.5 Å². The normalized spacial score (nSPS) is 18.2. The monoisotopic (exact) mass is 400 g/mol. The Morgan fingerprint density at radius 2 is 1.57 bits per heavy atom. The van der Waals surface area contributed by atoms with Crippen LogP contribution in [0.25, 0.3) is 0 Å². The molecule has 1 fully saturated rings.